The summed E-state index contributed by atoms with van der Waals surface area (Å²) < 4.78 is 27.3. The van der Waals surface area contributed by atoms with Crippen molar-refractivity contribution in [3.05, 3.63) is 34.9 Å². The molecule has 1 atom stereocenters. The quantitative estimate of drug-likeness (QED) is 0.419. The molecule has 1 aromatic rings. The fourth-order valence-corrected chi connectivity index (χ4v) is 4.31. The van der Waals surface area contributed by atoms with Gasteiger partial charge in [-0.1, -0.05) is 12.1 Å². The Labute approximate surface area is 116 Å². The highest BCUT2D eigenvalue weighted by atomic mass is 17.2. The van der Waals surface area contributed by atoms with Crippen LogP contribution in [0.15, 0.2) is 18.2 Å². The van der Waals surface area contributed by atoms with Crippen LogP contribution in [-0.4, -0.2) is 35.1 Å². The molecule has 1 unspecified atom stereocenters. The first kappa shape index (κ1) is 10.0. The smallest absolute Gasteiger partial charge is 0.347 e. The molecule has 0 N–H and O–H groups in total. The van der Waals surface area contributed by atoms with Gasteiger partial charge in [0, 0.05) is 6.42 Å². The fraction of sp³-hybridized carbons (Fsp3) is 0.429. The number of cyclic esters (lactones) is 2. The number of fused-ring (bicyclic) bond motifs is 1. The highest BCUT2D eigenvalue weighted by Crippen LogP contribution is 2.96. The van der Waals surface area contributed by atoms with Crippen molar-refractivity contribution in [2.75, 3.05) is 0 Å². The predicted octanol–water partition coefficient (Wildman–Crippen LogP) is 0.390. The van der Waals surface area contributed by atoms with E-state index in [1.54, 1.807) is 18.2 Å². The lowest BCUT2D eigenvalue weighted by Gasteiger charge is -2.18. The lowest BCUT2D eigenvalue weighted by molar-refractivity contribution is -0.207. The first-order chi connectivity index (χ1) is 10.1. The van der Waals surface area contributed by atoms with Gasteiger partial charge in [-0.15, -0.1) is 0 Å². The number of esters is 2. The largest absolute Gasteiger partial charge is 0.386 e. The van der Waals surface area contributed by atoms with Gasteiger partial charge in [0.15, 0.2) is 0 Å². The Hall–Kier alpha value is -1.80. The average molecular weight is 286 g/mol. The Morgan fingerprint density at radius 2 is 1.81 bits per heavy atom. The molecular formula is C14H6O7. The predicted molar refractivity (Wildman–Crippen MR) is 58.8 cm³/mol. The van der Waals surface area contributed by atoms with E-state index in [0.717, 1.165) is 0 Å². The molecule has 5 fully saturated rings. The second kappa shape index (κ2) is 2.22. The summed E-state index contributed by atoms with van der Waals surface area (Å²) in [6.07, 6.45) is 0.548. The summed E-state index contributed by atoms with van der Waals surface area (Å²) in [5.41, 5.74) is 1.31. The molecule has 7 nitrogen and oxygen atoms in total. The van der Waals surface area contributed by atoms with E-state index in [4.69, 9.17) is 23.7 Å². The minimum absolute atomic E-state index is 0.205. The molecule has 1 aliphatic carbocycles. The van der Waals surface area contributed by atoms with Crippen molar-refractivity contribution < 1.29 is 33.3 Å². The van der Waals surface area contributed by atoms with Crippen LogP contribution in [0.2, 0.25) is 0 Å². The summed E-state index contributed by atoms with van der Waals surface area (Å²) in [6, 6.07) is 5.13. The van der Waals surface area contributed by atoms with Gasteiger partial charge in [-0.05, 0) is 11.6 Å². The van der Waals surface area contributed by atoms with Crippen LogP contribution in [0.1, 0.15) is 38.6 Å². The molecule has 7 rings (SSSR count). The van der Waals surface area contributed by atoms with E-state index in [-0.39, 0.29) is 5.92 Å². The van der Waals surface area contributed by atoms with Gasteiger partial charge < -0.3 is 23.7 Å². The lowest BCUT2D eigenvalue weighted by Crippen LogP contribution is -2.23. The molecule has 0 radical (unpaired) electrons. The highest BCUT2D eigenvalue weighted by molar-refractivity contribution is 6.15. The minimum Gasteiger partial charge on any atom is -0.386 e. The van der Waals surface area contributed by atoms with Crippen LogP contribution in [0.3, 0.4) is 0 Å². The van der Waals surface area contributed by atoms with E-state index >= 15 is 0 Å². The van der Waals surface area contributed by atoms with Crippen LogP contribution >= 0.6 is 0 Å². The molecule has 5 aliphatic heterocycles. The maximum absolute atomic E-state index is 12.0. The fourth-order valence-electron chi connectivity index (χ4n) is 4.31. The molecule has 1 saturated carbocycles. The van der Waals surface area contributed by atoms with Crippen LogP contribution in [-0.2, 0) is 23.7 Å². The summed E-state index contributed by atoms with van der Waals surface area (Å²) in [5, 5.41) is 0. The number of epoxide rings is 4. The zero-order chi connectivity index (χ0) is 13.8. The van der Waals surface area contributed by atoms with Gasteiger partial charge >= 0.3 is 11.9 Å². The van der Waals surface area contributed by atoms with Gasteiger partial charge in [0.2, 0.25) is 11.6 Å². The molecule has 21 heavy (non-hydrogen) atoms. The molecule has 7 heteroatoms. The molecule has 0 bridgehead atoms. The third kappa shape index (κ3) is 0.707. The maximum atomic E-state index is 12.0. The molecule has 6 aliphatic rings. The number of carbonyl (C=O) groups excluding carboxylic acids is 2. The Balaban J connectivity index is 1.45. The third-order valence-corrected chi connectivity index (χ3v) is 5.45. The van der Waals surface area contributed by atoms with Gasteiger partial charge in [0.25, 0.3) is 11.6 Å². The molecule has 5 heterocycles. The summed E-state index contributed by atoms with van der Waals surface area (Å²) in [4.78, 5) is 23.6. The number of carbonyl (C=O) groups is 2. The monoisotopic (exact) mass is 286 g/mol. The zero-order valence-electron chi connectivity index (χ0n) is 10.4. The van der Waals surface area contributed by atoms with Gasteiger partial charge in [0.1, 0.15) is 0 Å². The SMILES string of the molecule is O=C1OC(=O)c2c1cccc2C1CC23OC2(O3)C23OC12O3. The van der Waals surface area contributed by atoms with Crippen LogP contribution in [0.25, 0.3) is 0 Å². The number of rotatable bonds is 1. The van der Waals surface area contributed by atoms with E-state index in [1.165, 1.54) is 0 Å². The van der Waals surface area contributed by atoms with E-state index < -0.39 is 35.1 Å². The number of benzene rings is 1. The van der Waals surface area contributed by atoms with Crippen molar-refractivity contribution in [2.24, 2.45) is 0 Å². The highest BCUT2D eigenvalue weighted by Gasteiger charge is 3.20. The second-order valence-electron chi connectivity index (χ2n) is 6.27. The van der Waals surface area contributed by atoms with Crippen molar-refractivity contribution >= 4 is 11.9 Å². The minimum atomic E-state index is -0.793. The van der Waals surface area contributed by atoms with Gasteiger partial charge in [-0.3, -0.25) is 0 Å². The molecule has 1 aromatic carbocycles. The van der Waals surface area contributed by atoms with Crippen molar-refractivity contribution in [2.45, 2.75) is 35.5 Å². The van der Waals surface area contributed by atoms with Crippen molar-refractivity contribution in [3.63, 3.8) is 0 Å². The van der Waals surface area contributed by atoms with E-state index in [2.05, 4.69) is 0 Å². The number of hydrogen-bond acceptors (Lipinski definition) is 7. The van der Waals surface area contributed by atoms with Crippen molar-refractivity contribution in [1.82, 2.24) is 0 Å². The molecule has 0 amide bonds. The normalized spacial score (nSPS) is 55.5. The third-order valence-electron chi connectivity index (χ3n) is 5.45. The second-order valence-corrected chi connectivity index (χ2v) is 6.27. The Bertz CT molecular complexity index is 828. The van der Waals surface area contributed by atoms with Crippen LogP contribution < -0.4 is 0 Å². The standard InChI is InChI=1S/C14H6O7/c15-9-6-3-1-2-5(8(6)10(16)17-9)7-4-11-13(18-11,19-11)14-12(7,20-14)21-14/h1-3,7H,4H2. The Morgan fingerprint density at radius 3 is 2.62 bits per heavy atom. The van der Waals surface area contributed by atoms with E-state index in [1.807, 2.05) is 0 Å². The van der Waals surface area contributed by atoms with Gasteiger partial charge in [0.05, 0.1) is 17.0 Å². The summed E-state index contributed by atoms with van der Waals surface area (Å²) in [7, 11) is 0. The van der Waals surface area contributed by atoms with E-state index in [0.29, 0.717) is 23.1 Å². The van der Waals surface area contributed by atoms with Crippen LogP contribution in [0, 0.1) is 0 Å². The summed E-state index contributed by atoms with van der Waals surface area (Å²) in [6.45, 7) is 0. The van der Waals surface area contributed by atoms with Gasteiger partial charge in [-0.2, -0.15) is 0 Å². The van der Waals surface area contributed by atoms with Crippen LogP contribution in [0.4, 0.5) is 0 Å². The van der Waals surface area contributed by atoms with E-state index in [9.17, 15) is 9.59 Å². The first-order valence-electron chi connectivity index (χ1n) is 6.78. The van der Waals surface area contributed by atoms with Crippen molar-refractivity contribution in [1.29, 1.82) is 0 Å². The van der Waals surface area contributed by atoms with Gasteiger partial charge in [-0.25, -0.2) is 9.59 Å². The maximum Gasteiger partial charge on any atom is 0.347 e. The molecule has 104 valence electrons. The molecule has 0 aromatic heterocycles. The topological polar surface area (TPSA) is 93.5 Å². The van der Waals surface area contributed by atoms with Crippen molar-refractivity contribution in [3.8, 4) is 0 Å². The molecular weight excluding hydrogens is 280 g/mol. The molecule has 4 saturated heterocycles. The Kier molecular flexibility index (Phi) is 1.06. The number of hydrogen-bond donors (Lipinski definition) is 0. The summed E-state index contributed by atoms with van der Waals surface area (Å²) in [5.74, 6) is -4.31. The Morgan fingerprint density at radius 1 is 1.00 bits per heavy atom. The lowest BCUT2D eigenvalue weighted by atomic mass is 9.81. The zero-order valence-corrected chi connectivity index (χ0v) is 10.4. The number of ether oxygens (including phenoxy) is 5. The van der Waals surface area contributed by atoms with Crippen LogP contribution in [0.5, 0.6) is 0 Å². The average Bonchev–Trinajstić information content (AvgIpc) is 3.24. The first-order valence-corrected chi connectivity index (χ1v) is 6.78. The summed E-state index contributed by atoms with van der Waals surface area (Å²) >= 11 is 0. The molecule has 0 spiro atoms.